The minimum Gasteiger partial charge on any atom is -0.366 e. The van der Waals surface area contributed by atoms with Crippen molar-refractivity contribution in [3.05, 3.63) is 70.8 Å². The summed E-state index contributed by atoms with van der Waals surface area (Å²) in [5.74, 6) is -0.726. The third-order valence-corrected chi connectivity index (χ3v) is 2.82. The van der Waals surface area contributed by atoms with Gasteiger partial charge in [0.15, 0.2) is 0 Å². The predicted molar refractivity (Wildman–Crippen MR) is 79.4 cm³/mol. The smallest absolute Gasteiger partial charge is 0.248 e. The van der Waals surface area contributed by atoms with Crippen molar-refractivity contribution in [3.63, 3.8) is 0 Å². The van der Waals surface area contributed by atoms with Crippen molar-refractivity contribution in [2.45, 2.75) is 13.8 Å². The lowest BCUT2D eigenvalue weighted by molar-refractivity contribution is 0.0991. The monoisotopic (exact) mass is 270 g/mol. The second kappa shape index (κ2) is 7.09. The molecule has 104 valence electrons. The van der Waals surface area contributed by atoms with Gasteiger partial charge in [0.05, 0.1) is 0 Å². The lowest BCUT2D eigenvalue weighted by atomic mass is 10.1. The van der Waals surface area contributed by atoms with Gasteiger partial charge in [0, 0.05) is 11.1 Å². The Balaban J connectivity index is 0.000000200. The lowest BCUT2D eigenvalue weighted by Gasteiger charge is -1.97. The van der Waals surface area contributed by atoms with Crippen LogP contribution in [0.4, 0.5) is 0 Å². The van der Waals surface area contributed by atoms with Crippen molar-refractivity contribution in [1.82, 2.24) is 0 Å². The van der Waals surface area contributed by atoms with Gasteiger partial charge in [0.2, 0.25) is 11.8 Å². The van der Waals surface area contributed by atoms with Crippen molar-refractivity contribution in [2.24, 2.45) is 11.5 Å². The van der Waals surface area contributed by atoms with Crippen LogP contribution in [0.25, 0.3) is 0 Å². The summed E-state index contributed by atoms with van der Waals surface area (Å²) < 4.78 is 0. The average Bonchev–Trinajstić information content (AvgIpc) is 2.40. The van der Waals surface area contributed by atoms with E-state index in [1.165, 1.54) is 0 Å². The summed E-state index contributed by atoms with van der Waals surface area (Å²) in [4.78, 5) is 21.3. The molecule has 4 N–H and O–H groups in total. The first-order valence-electron chi connectivity index (χ1n) is 6.14. The largest absolute Gasteiger partial charge is 0.366 e. The molecule has 0 spiro atoms. The second-order valence-electron chi connectivity index (χ2n) is 4.36. The zero-order valence-corrected chi connectivity index (χ0v) is 11.6. The number of primary amides is 2. The number of hydrogen-bond acceptors (Lipinski definition) is 2. The van der Waals surface area contributed by atoms with Crippen molar-refractivity contribution in [2.75, 3.05) is 0 Å². The van der Waals surface area contributed by atoms with Gasteiger partial charge in [-0.05, 0) is 37.1 Å². The molecule has 2 aromatic carbocycles. The highest BCUT2D eigenvalue weighted by molar-refractivity contribution is 5.94. The number of amides is 2. The van der Waals surface area contributed by atoms with Crippen molar-refractivity contribution < 1.29 is 9.59 Å². The van der Waals surface area contributed by atoms with Gasteiger partial charge in [-0.2, -0.15) is 0 Å². The summed E-state index contributed by atoms with van der Waals surface area (Å²) in [5.41, 5.74) is 13.2. The second-order valence-corrected chi connectivity index (χ2v) is 4.36. The van der Waals surface area contributed by atoms with E-state index in [1.54, 1.807) is 24.3 Å². The van der Waals surface area contributed by atoms with Crippen LogP contribution in [0.2, 0.25) is 0 Å². The highest BCUT2D eigenvalue weighted by Crippen LogP contribution is 2.05. The maximum Gasteiger partial charge on any atom is 0.248 e. The standard InChI is InChI=1S/2C8H9NO/c2*1-6-4-2-3-5-7(6)8(9)10/h2*2-5H,1H3,(H2,9,10). The first-order valence-corrected chi connectivity index (χ1v) is 6.14. The van der Waals surface area contributed by atoms with Crippen molar-refractivity contribution >= 4 is 11.8 Å². The van der Waals surface area contributed by atoms with Gasteiger partial charge >= 0.3 is 0 Å². The number of nitrogens with two attached hydrogens (primary N) is 2. The maximum atomic E-state index is 10.6. The molecule has 0 fully saturated rings. The zero-order valence-electron chi connectivity index (χ0n) is 11.6. The molecule has 2 amide bonds. The molecule has 2 aromatic rings. The summed E-state index contributed by atoms with van der Waals surface area (Å²) in [6.45, 7) is 3.72. The van der Waals surface area contributed by atoms with Crippen LogP contribution in [0, 0.1) is 13.8 Å². The van der Waals surface area contributed by atoms with Crippen LogP contribution < -0.4 is 11.5 Å². The van der Waals surface area contributed by atoms with E-state index in [9.17, 15) is 9.59 Å². The van der Waals surface area contributed by atoms with E-state index in [0.29, 0.717) is 11.1 Å². The number of aryl methyl sites for hydroxylation is 2. The van der Waals surface area contributed by atoms with Gasteiger partial charge in [-0.15, -0.1) is 0 Å². The van der Waals surface area contributed by atoms with Crippen LogP contribution in [-0.4, -0.2) is 11.8 Å². The van der Waals surface area contributed by atoms with Gasteiger partial charge in [-0.1, -0.05) is 36.4 Å². The Bertz CT molecular complexity index is 566. The van der Waals surface area contributed by atoms with E-state index in [0.717, 1.165) is 11.1 Å². The Morgan fingerprint density at radius 2 is 1.00 bits per heavy atom. The highest BCUT2D eigenvalue weighted by Gasteiger charge is 2.01. The van der Waals surface area contributed by atoms with Gasteiger partial charge in [0.25, 0.3) is 0 Å². The van der Waals surface area contributed by atoms with E-state index in [4.69, 9.17) is 11.5 Å². The SMILES string of the molecule is Cc1ccccc1C(N)=O.Cc1ccccc1C(N)=O. The fraction of sp³-hybridized carbons (Fsp3) is 0.125. The minimum atomic E-state index is -0.363. The Kier molecular flexibility index (Phi) is 5.47. The summed E-state index contributed by atoms with van der Waals surface area (Å²) in [6, 6.07) is 14.5. The molecule has 0 saturated carbocycles. The van der Waals surface area contributed by atoms with Crippen LogP contribution in [0.3, 0.4) is 0 Å². The fourth-order valence-electron chi connectivity index (χ4n) is 1.70. The Morgan fingerprint density at radius 1 is 0.700 bits per heavy atom. The van der Waals surface area contributed by atoms with Crippen LogP contribution in [0.15, 0.2) is 48.5 Å². The number of benzene rings is 2. The van der Waals surface area contributed by atoms with Crippen LogP contribution in [0.1, 0.15) is 31.8 Å². The number of rotatable bonds is 2. The molecule has 0 aliphatic rings. The lowest BCUT2D eigenvalue weighted by Crippen LogP contribution is -2.12. The maximum absolute atomic E-state index is 10.6. The molecular weight excluding hydrogens is 252 g/mol. The molecule has 0 radical (unpaired) electrons. The molecule has 0 aromatic heterocycles. The fourth-order valence-corrected chi connectivity index (χ4v) is 1.70. The molecule has 20 heavy (non-hydrogen) atoms. The first-order chi connectivity index (χ1) is 9.43. The molecule has 4 heteroatoms. The van der Waals surface area contributed by atoms with Crippen LogP contribution >= 0.6 is 0 Å². The molecule has 2 rings (SSSR count). The predicted octanol–water partition coefficient (Wildman–Crippen LogP) is 2.19. The Labute approximate surface area is 118 Å². The summed E-state index contributed by atoms with van der Waals surface area (Å²) >= 11 is 0. The molecule has 0 aliphatic carbocycles. The quantitative estimate of drug-likeness (QED) is 0.876. The molecule has 0 aliphatic heterocycles. The first kappa shape index (κ1) is 15.4. The number of carbonyl (C=O) groups excluding carboxylic acids is 2. The van der Waals surface area contributed by atoms with Crippen molar-refractivity contribution in [1.29, 1.82) is 0 Å². The normalized spacial score (nSPS) is 9.30. The van der Waals surface area contributed by atoms with E-state index in [1.807, 2.05) is 38.1 Å². The van der Waals surface area contributed by atoms with Gasteiger partial charge in [0.1, 0.15) is 0 Å². The van der Waals surface area contributed by atoms with Gasteiger partial charge in [-0.3, -0.25) is 9.59 Å². The average molecular weight is 270 g/mol. The number of carbonyl (C=O) groups is 2. The Hall–Kier alpha value is -2.62. The molecule has 0 bridgehead atoms. The van der Waals surface area contributed by atoms with E-state index in [-0.39, 0.29) is 11.8 Å². The molecule has 0 atom stereocenters. The van der Waals surface area contributed by atoms with E-state index >= 15 is 0 Å². The highest BCUT2D eigenvalue weighted by atomic mass is 16.1. The van der Waals surface area contributed by atoms with Gasteiger partial charge in [-0.25, -0.2) is 0 Å². The molecule has 0 saturated heterocycles. The van der Waals surface area contributed by atoms with Crippen LogP contribution in [0.5, 0.6) is 0 Å². The zero-order chi connectivity index (χ0) is 15.1. The van der Waals surface area contributed by atoms with E-state index < -0.39 is 0 Å². The summed E-state index contributed by atoms with van der Waals surface area (Å²) in [5, 5.41) is 0. The molecule has 0 unspecified atom stereocenters. The van der Waals surface area contributed by atoms with Crippen LogP contribution in [-0.2, 0) is 0 Å². The van der Waals surface area contributed by atoms with Gasteiger partial charge < -0.3 is 11.5 Å². The van der Waals surface area contributed by atoms with E-state index in [2.05, 4.69) is 0 Å². The molecule has 4 nitrogen and oxygen atoms in total. The topological polar surface area (TPSA) is 86.2 Å². The molecule has 0 heterocycles. The van der Waals surface area contributed by atoms with Crippen molar-refractivity contribution in [3.8, 4) is 0 Å². The summed E-state index contributed by atoms with van der Waals surface area (Å²) in [7, 11) is 0. The third-order valence-electron chi connectivity index (χ3n) is 2.82. The minimum absolute atomic E-state index is 0.363. The summed E-state index contributed by atoms with van der Waals surface area (Å²) in [6.07, 6.45) is 0. The molecular formula is C16H18N2O2. The third kappa shape index (κ3) is 4.24. The Morgan fingerprint density at radius 3 is 1.20 bits per heavy atom. The number of hydrogen-bond donors (Lipinski definition) is 2.